The number of rotatable bonds is 4. The van der Waals surface area contributed by atoms with Crippen molar-refractivity contribution in [3.05, 3.63) is 35.4 Å². The summed E-state index contributed by atoms with van der Waals surface area (Å²) in [5, 5.41) is 3.50. The molecule has 3 heterocycles. The first-order chi connectivity index (χ1) is 15.5. The summed E-state index contributed by atoms with van der Waals surface area (Å²) < 4.78 is 11.2. The van der Waals surface area contributed by atoms with Crippen LogP contribution in [0.15, 0.2) is 29.3 Å². The highest BCUT2D eigenvalue weighted by molar-refractivity contribution is 14.0. The highest BCUT2D eigenvalue weighted by atomic mass is 127. The van der Waals surface area contributed by atoms with Crippen LogP contribution >= 0.6 is 24.0 Å². The van der Waals surface area contributed by atoms with Gasteiger partial charge in [0.2, 0.25) is 0 Å². The van der Waals surface area contributed by atoms with Crippen molar-refractivity contribution in [1.82, 2.24) is 20.0 Å². The largest absolute Gasteiger partial charge is 0.379 e. The molecule has 1 amide bonds. The van der Waals surface area contributed by atoms with Crippen LogP contribution in [-0.2, 0) is 16.0 Å². The summed E-state index contributed by atoms with van der Waals surface area (Å²) in [6.45, 7) is 11.8. The number of nitrogens with zero attached hydrogens (tertiary/aromatic N) is 4. The quantitative estimate of drug-likeness (QED) is 0.339. The number of hydrogen-bond acceptors (Lipinski definition) is 5. The maximum atomic E-state index is 12.9. The SMILES string of the molecule is CN=C(NCc1ccc(C(=O)N2CC(C)OC(C)C2)cc1)N1CCC(N2CCOCC2)C1.I. The molecule has 3 saturated heterocycles. The Labute approximate surface area is 214 Å². The van der Waals surface area contributed by atoms with E-state index in [1.165, 1.54) is 0 Å². The number of nitrogens with one attached hydrogen (secondary N) is 1. The molecule has 0 aliphatic carbocycles. The van der Waals surface area contributed by atoms with Gasteiger partial charge < -0.3 is 24.6 Å². The zero-order chi connectivity index (χ0) is 22.5. The minimum Gasteiger partial charge on any atom is -0.379 e. The Morgan fingerprint density at radius 2 is 1.70 bits per heavy atom. The van der Waals surface area contributed by atoms with Crippen LogP contribution in [0.1, 0.15) is 36.2 Å². The normalized spacial score (nSPS) is 26.8. The van der Waals surface area contributed by atoms with E-state index in [0.717, 1.165) is 62.9 Å². The second-order valence-corrected chi connectivity index (χ2v) is 9.10. The van der Waals surface area contributed by atoms with Crippen molar-refractivity contribution < 1.29 is 14.3 Å². The molecule has 184 valence electrons. The molecule has 1 N–H and O–H groups in total. The first-order valence-electron chi connectivity index (χ1n) is 11.8. The molecule has 0 spiro atoms. The number of hydrogen-bond donors (Lipinski definition) is 1. The first kappa shape index (κ1) is 26.2. The summed E-state index contributed by atoms with van der Waals surface area (Å²) in [5.74, 6) is 1.02. The summed E-state index contributed by atoms with van der Waals surface area (Å²) in [7, 11) is 1.84. The zero-order valence-corrected chi connectivity index (χ0v) is 22.4. The molecule has 4 rings (SSSR count). The number of benzene rings is 1. The van der Waals surface area contributed by atoms with E-state index in [0.29, 0.717) is 25.7 Å². The Balaban J connectivity index is 0.00000306. The average molecular weight is 572 g/mol. The lowest BCUT2D eigenvalue weighted by atomic mass is 10.1. The van der Waals surface area contributed by atoms with Crippen LogP contribution in [-0.4, -0.2) is 104 Å². The van der Waals surface area contributed by atoms with Crippen molar-refractivity contribution in [2.24, 2.45) is 4.99 Å². The monoisotopic (exact) mass is 571 g/mol. The van der Waals surface area contributed by atoms with Crippen molar-refractivity contribution in [2.75, 3.05) is 59.5 Å². The third-order valence-electron chi connectivity index (χ3n) is 6.60. The van der Waals surface area contributed by atoms with E-state index in [1.54, 1.807) is 0 Å². The Hall–Kier alpha value is -1.43. The van der Waals surface area contributed by atoms with Gasteiger partial charge in [-0.2, -0.15) is 0 Å². The second-order valence-electron chi connectivity index (χ2n) is 9.10. The molecule has 0 radical (unpaired) electrons. The predicted molar refractivity (Wildman–Crippen MR) is 140 cm³/mol. The van der Waals surface area contributed by atoms with Gasteiger partial charge in [0.1, 0.15) is 0 Å². The number of carbonyl (C=O) groups excluding carboxylic acids is 1. The minimum absolute atomic E-state index is 0. The number of guanidine groups is 1. The van der Waals surface area contributed by atoms with Crippen LogP contribution in [0.4, 0.5) is 0 Å². The molecule has 0 bridgehead atoms. The Morgan fingerprint density at radius 3 is 2.33 bits per heavy atom. The van der Waals surface area contributed by atoms with E-state index in [-0.39, 0.29) is 42.1 Å². The first-order valence-corrected chi connectivity index (χ1v) is 11.8. The fraction of sp³-hybridized carbons (Fsp3) is 0.667. The van der Waals surface area contributed by atoms with Gasteiger partial charge in [-0.1, -0.05) is 12.1 Å². The topological polar surface area (TPSA) is 69.6 Å². The van der Waals surface area contributed by atoms with Gasteiger partial charge in [-0.25, -0.2) is 0 Å². The lowest BCUT2D eigenvalue weighted by Crippen LogP contribution is -2.48. The smallest absolute Gasteiger partial charge is 0.254 e. The van der Waals surface area contributed by atoms with E-state index in [1.807, 2.05) is 50.1 Å². The van der Waals surface area contributed by atoms with Crippen LogP contribution in [0.25, 0.3) is 0 Å². The molecule has 1 aromatic rings. The van der Waals surface area contributed by atoms with Gasteiger partial charge in [0.15, 0.2) is 5.96 Å². The van der Waals surface area contributed by atoms with Gasteiger partial charge in [-0.3, -0.25) is 14.7 Å². The highest BCUT2D eigenvalue weighted by Gasteiger charge is 2.30. The number of halogens is 1. The van der Waals surface area contributed by atoms with Crippen molar-refractivity contribution in [3.63, 3.8) is 0 Å². The zero-order valence-electron chi connectivity index (χ0n) is 20.0. The van der Waals surface area contributed by atoms with Crippen molar-refractivity contribution in [3.8, 4) is 0 Å². The molecule has 3 unspecified atom stereocenters. The molecule has 1 aromatic carbocycles. The van der Waals surface area contributed by atoms with E-state index in [4.69, 9.17) is 9.47 Å². The molecular formula is C24H38IN5O3. The standard InChI is InChI=1S/C24H37N5O3.HI/c1-18-15-29(16-19(2)32-18)23(30)21-6-4-20(5-7-21)14-26-24(25-3)28-9-8-22(17-28)27-10-12-31-13-11-27;/h4-7,18-19,22H,8-17H2,1-3H3,(H,25,26);1H. The van der Waals surface area contributed by atoms with E-state index >= 15 is 0 Å². The maximum absolute atomic E-state index is 12.9. The Bertz CT molecular complexity index is 790. The lowest BCUT2D eigenvalue weighted by molar-refractivity contribution is -0.0586. The highest BCUT2D eigenvalue weighted by Crippen LogP contribution is 2.18. The number of aliphatic imine (C=N–C) groups is 1. The molecule has 0 aromatic heterocycles. The second kappa shape index (κ2) is 12.3. The Morgan fingerprint density at radius 1 is 1.03 bits per heavy atom. The molecule has 3 fully saturated rings. The number of carbonyl (C=O) groups is 1. The van der Waals surface area contributed by atoms with E-state index < -0.39 is 0 Å². The van der Waals surface area contributed by atoms with Crippen LogP contribution in [0, 0.1) is 0 Å². The number of ether oxygens (including phenoxy) is 2. The van der Waals surface area contributed by atoms with Crippen LogP contribution in [0.2, 0.25) is 0 Å². The molecule has 3 atom stereocenters. The fourth-order valence-electron chi connectivity index (χ4n) is 4.98. The lowest BCUT2D eigenvalue weighted by Gasteiger charge is -2.35. The number of morpholine rings is 2. The molecular weight excluding hydrogens is 533 g/mol. The molecule has 33 heavy (non-hydrogen) atoms. The molecule has 9 heteroatoms. The average Bonchev–Trinajstić information content (AvgIpc) is 3.29. The number of amides is 1. The van der Waals surface area contributed by atoms with E-state index in [9.17, 15) is 4.79 Å². The molecule has 0 saturated carbocycles. The summed E-state index contributed by atoms with van der Waals surface area (Å²) in [5.41, 5.74) is 1.86. The van der Waals surface area contributed by atoms with Crippen molar-refractivity contribution in [2.45, 2.75) is 45.1 Å². The van der Waals surface area contributed by atoms with Crippen LogP contribution in [0.5, 0.6) is 0 Å². The van der Waals surface area contributed by atoms with Gasteiger partial charge in [-0.05, 0) is 38.0 Å². The van der Waals surface area contributed by atoms with Crippen LogP contribution < -0.4 is 5.32 Å². The van der Waals surface area contributed by atoms with Crippen molar-refractivity contribution in [1.29, 1.82) is 0 Å². The summed E-state index contributed by atoms with van der Waals surface area (Å²) in [4.78, 5) is 24.2. The summed E-state index contributed by atoms with van der Waals surface area (Å²) in [6.07, 6.45) is 1.31. The fourth-order valence-corrected chi connectivity index (χ4v) is 4.98. The predicted octanol–water partition coefficient (Wildman–Crippen LogP) is 2.04. The van der Waals surface area contributed by atoms with Gasteiger partial charge in [0.25, 0.3) is 5.91 Å². The van der Waals surface area contributed by atoms with Crippen molar-refractivity contribution >= 4 is 35.8 Å². The molecule has 3 aliphatic heterocycles. The minimum atomic E-state index is 0. The van der Waals surface area contributed by atoms with Crippen LogP contribution in [0.3, 0.4) is 0 Å². The third kappa shape index (κ3) is 6.80. The summed E-state index contributed by atoms with van der Waals surface area (Å²) >= 11 is 0. The maximum Gasteiger partial charge on any atom is 0.254 e. The van der Waals surface area contributed by atoms with E-state index in [2.05, 4.69) is 20.1 Å². The number of likely N-dealkylation sites (tertiary alicyclic amines) is 1. The molecule has 8 nitrogen and oxygen atoms in total. The van der Waals surface area contributed by atoms with Gasteiger partial charge >= 0.3 is 0 Å². The third-order valence-corrected chi connectivity index (χ3v) is 6.60. The Kier molecular flexibility index (Phi) is 9.78. The van der Waals surface area contributed by atoms with Gasteiger partial charge in [0, 0.05) is 64.5 Å². The summed E-state index contributed by atoms with van der Waals surface area (Å²) in [6, 6.07) is 8.49. The molecule has 3 aliphatic rings. The van der Waals surface area contributed by atoms with Gasteiger partial charge in [-0.15, -0.1) is 24.0 Å². The van der Waals surface area contributed by atoms with Gasteiger partial charge in [0.05, 0.1) is 25.4 Å².